The SMILES string of the molecule is CCOc1ccc(/C(O)=C2/C(=O)C(=O)N(c3nnc(SCc4ccccc4)s3)C2c2ccc(O)c(OCC)c2)cc1. The number of ketones is 1. The number of thioether (sulfide) groups is 1. The van der Waals surface area contributed by atoms with Gasteiger partial charge in [0.05, 0.1) is 24.8 Å². The number of aliphatic hydroxyl groups excluding tert-OH is 1. The van der Waals surface area contributed by atoms with Gasteiger partial charge in [0.25, 0.3) is 5.78 Å². The number of phenolic OH excluding ortho intramolecular Hbond substituents is 1. The Kier molecular flexibility index (Phi) is 8.55. The van der Waals surface area contributed by atoms with Gasteiger partial charge in [-0.1, -0.05) is 59.5 Å². The van der Waals surface area contributed by atoms with Crippen LogP contribution in [0, 0.1) is 0 Å². The van der Waals surface area contributed by atoms with Crippen LogP contribution >= 0.6 is 23.1 Å². The minimum Gasteiger partial charge on any atom is -0.507 e. The highest BCUT2D eigenvalue weighted by Crippen LogP contribution is 2.45. The standard InChI is InChI=1S/C30H27N3O6S2/c1-3-38-21-13-10-19(11-14-21)26(35)24-25(20-12-15-22(34)23(16-20)39-4-2)33(28(37)27(24)36)29-31-32-30(41-29)40-17-18-8-6-5-7-9-18/h5-16,25,34-35H,3-4,17H2,1-2H3/b26-24-. The topological polar surface area (TPSA) is 122 Å². The number of aromatic nitrogens is 2. The van der Waals surface area contributed by atoms with Crippen molar-refractivity contribution in [2.24, 2.45) is 0 Å². The van der Waals surface area contributed by atoms with E-state index in [0.717, 1.165) is 5.56 Å². The molecule has 1 aromatic heterocycles. The van der Waals surface area contributed by atoms with Crippen LogP contribution in [0.5, 0.6) is 17.2 Å². The first-order valence-corrected chi connectivity index (χ1v) is 14.7. The highest BCUT2D eigenvalue weighted by molar-refractivity contribution is 8.00. The highest BCUT2D eigenvalue weighted by atomic mass is 32.2. The van der Waals surface area contributed by atoms with E-state index in [1.807, 2.05) is 37.3 Å². The molecule has 1 amide bonds. The molecule has 1 aliphatic rings. The Morgan fingerprint density at radius 2 is 1.71 bits per heavy atom. The number of aliphatic hydroxyl groups is 1. The van der Waals surface area contributed by atoms with E-state index in [2.05, 4.69) is 10.2 Å². The van der Waals surface area contributed by atoms with E-state index in [1.54, 1.807) is 43.3 Å². The Morgan fingerprint density at radius 1 is 0.976 bits per heavy atom. The fourth-order valence-corrected chi connectivity index (χ4v) is 6.25. The highest BCUT2D eigenvalue weighted by Gasteiger charge is 2.48. The number of hydrogen-bond acceptors (Lipinski definition) is 10. The van der Waals surface area contributed by atoms with E-state index in [4.69, 9.17) is 9.47 Å². The van der Waals surface area contributed by atoms with Gasteiger partial charge in [0.1, 0.15) is 11.5 Å². The second-order valence-electron chi connectivity index (χ2n) is 8.91. The molecule has 3 aromatic carbocycles. The van der Waals surface area contributed by atoms with E-state index >= 15 is 0 Å². The van der Waals surface area contributed by atoms with Crippen molar-refractivity contribution in [2.45, 2.75) is 30.0 Å². The summed E-state index contributed by atoms with van der Waals surface area (Å²) in [7, 11) is 0. The van der Waals surface area contributed by atoms with Gasteiger partial charge in [0.2, 0.25) is 5.13 Å². The summed E-state index contributed by atoms with van der Waals surface area (Å²) in [5, 5.41) is 30.4. The molecule has 11 heteroatoms. The number of amides is 1. The average molecular weight is 590 g/mol. The van der Waals surface area contributed by atoms with Gasteiger partial charge in [-0.15, -0.1) is 10.2 Å². The molecule has 2 heterocycles. The lowest BCUT2D eigenvalue weighted by atomic mass is 9.95. The van der Waals surface area contributed by atoms with E-state index in [-0.39, 0.29) is 28.0 Å². The number of aromatic hydroxyl groups is 1. The molecule has 1 aliphatic heterocycles. The predicted octanol–water partition coefficient (Wildman–Crippen LogP) is 5.96. The predicted molar refractivity (Wildman–Crippen MR) is 158 cm³/mol. The quantitative estimate of drug-likeness (QED) is 0.0758. The minimum absolute atomic E-state index is 0.0884. The van der Waals surface area contributed by atoms with E-state index in [1.165, 1.54) is 34.1 Å². The van der Waals surface area contributed by atoms with Crippen LogP contribution in [0.3, 0.4) is 0 Å². The van der Waals surface area contributed by atoms with Crippen molar-refractivity contribution < 1.29 is 29.3 Å². The summed E-state index contributed by atoms with van der Waals surface area (Å²) in [6.07, 6.45) is 0. The number of carbonyl (C=O) groups is 2. The number of carbonyl (C=O) groups excluding carboxylic acids is 2. The largest absolute Gasteiger partial charge is 0.507 e. The Hall–Kier alpha value is -4.35. The number of benzene rings is 3. The lowest BCUT2D eigenvalue weighted by Crippen LogP contribution is -2.29. The van der Waals surface area contributed by atoms with E-state index < -0.39 is 17.7 Å². The van der Waals surface area contributed by atoms with Gasteiger partial charge in [0, 0.05) is 11.3 Å². The zero-order chi connectivity index (χ0) is 28.9. The number of ether oxygens (including phenoxy) is 2. The van der Waals surface area contributed by atoms with Crippen molar-refractivity contribution in [1.29, 1.82) is 0 Å². The Balaban J connectivity index is 1.57. The Bertz CT molecular complexity index is 1590. The fraction of sp³-hybridized carbons (Fsp3) is 0.200. The molecule has 1 fully saturated rings. The van der Waals surface area contributed by atoms with Crippen LogP contribution in [0.25, 0.3) is 5.76 Å². The van der Waals surface area contributed by atoms with Gasteiger partial charge in [-0.25, -0.2) is 0 Å². The monoisotopic (exact) mass is 589 g/mol. The van der Waals surface area contributed by atoms with Crippen molar-refractivity contribution in [3.8, 4) is 17.2 Å². The first kappa shape index (κ1) is 28.2. The molecule has 0 spiro atoms. The second kappa shape index (κ2) is 12.4. The maximum Gasteiger partial charge on any atom is 0.301 e. The first-order valence-electron chi connectivity index (χ1n) is 12.9. The van der Waals surface area contributed by atoms with Crippen LogP contribution < -0.4 is 14.4 Å². The minimum atomic E-state index is -1.04. The number of phenols is 1. The maximum absolute atomic E-state index is 13.5. The zero-order valence-corrected chi connectivity index (χ0v) is 23.9. The number of rotatable bonds is 10. The molecule has 4 aromatic rings. The number of nitrogens with zero attached hydrogens (tertiary/aromatic N) is 3. The number of hydrogen-bond donors (Lipinski definition) is 2. The van der Waals surface area contributed by atoms with Gasteiger partial charge >= 0.3 is 5.91 Å². The van der Waals surface area contributed by atoms with Gasteiger partial charge in [-0.05, 0) is 61.4 Å². The Morgan fingerprint density at radius 3 is 2.41 bits per heavy atom. The van der Waals surface area contributed by atoms with Crippen LogP contribution in [0.15, 0.2) is 82.7 Å². The molecular weight excluding hydrogens is 562 g/mol. The van der Waals surface area contributed by atoms with Gasteiger partial charge in [-0.2, -0.15) is 0 Å². The number of anilines is 1. The third-order valence-corrected chi connectivity index (χ3v) is 8.42. The van der Waals surface area contributed by atoms with Crippen LogP contribution in [-0.2, 0) is 15.3 Å². The summed E-state index contributed by atoms with van der Waals surface area (Å²) in [5.74, 6) is -0.679. The first-order chi connectivity index (χ1) is 19.9. The molecule has 0 radical (unpaired) electrons. The summed E-state index contributed by atoms with van der Waals surface area (Å²) < 4.78 is 11.7. The zero-order valence-electron chi connectivity index (χ0n) is 22.3. The maximum atomic E-state index is 13.5. The molecule has 0 aliphatic carbocycles. The lowest BCUT2D eigenvalue weighted by Gasteiger charge is -2.23. The third kappa shape index (κ3) is 5.91. The molecule has 41 heavy (non-hydrogen) atoms. The molecule has 2 N–H and O–H groups in total. The molecule has 1 atom stereocenters. The van der Waals surface area contributed by atoms with Crippen LogP contribution in [0.2, 0.25) is 0 Å². The summed E-state index contributed by atoms with van der Waals surface area (Å²) in [6.45, 7) is 4.41. The van der Waals surface area contributed by atoms with Crippen molar-refractivity contribution in [3.05, 3.63) is 95.1 Å². The fourth-order valence-electron chi connectivity index (χ4n) is 4.43. The second-order valence-corrected chi connectivity index (χ2v) is 11.1. The van der Waals surface area contributed by atoms with Crippen molar-refractivity contribution in [2.75, 3.05) is 18.1 Å². The summed E-state index contributed by atoms with van der Waals surface area (Å²) >= 11 is 2.65. The van der Waals surface area contributed by atoms with Gasteiger partial charge in [-0.3, -0.25) is 14.5 Å². The molecular formula is C30H27N3O6S2. The van der Waals surface area contributed by atoms with Crippen LogP contribution in [0.4, 0.5) is 5.13 Å². The summed E-state index contributed by atoms with van der Waals surface area (Å²) in [4.78, 5) is 28.2. The van der Waals surface area contributed by atoms with Crippen molar-refractivity contribution in [3.63, 3.8) is 0 Å². The normalized spacial score (nSPS) is 16.2. The molecule has 0 saturated carbocycles. The smallest absolute Gasteiger partial charge is 0.301 e. The molecule has 0 bridgehead atoms. The van der Waals surface area contributed by atoms with Crippen molar-refractivity contribution >= 4 is 45.7 Å². The van der Waals surface area contributed by atoms with Crippen molar-refractivity contribution in [1.82, 2.24) is 10.2 Å². The van der Waals surface area contributed by atoms with Gasteiger partial charge < -0.3 is 19.7 Å². The molecule has 1 unspecified atom stereocenters. The summed E-state index contributed by atoms with van der Waals surface area (Å²) in [6, 6.07) is 20.0. The molecule has 210 valence electrons. The third-order valence-electron chi connectivity index (χ3n) is 6.29. The Labute approximate surface area is 245 Å². The van der Waals surface area contributed by atoms with Crippen LogP contribution in [0.1, 0.15) is 36.6 Å². The summed E-state index contributed by atoms with van der Waals surface area (Å²) in [5.41, 5.74) is 1.79. The van der Waals surface area contributed by atoms with E-state index in [0.29, 0.717) is 40.2 Å². The number of Topliss-reactive ketones (excluding diaryl/α,β-unsaturated/α-hetero) is 1. The van der Waals surface area contributed by atoms with E-state index in [9.17, 15) is 19.8 Å². The average Bonchev–Trinajstić information content (AvgIpc) is 3.56. The van der Waals surface area contributed by atoms with Crippen LogP contribution in [-0.4, -0.2) is 45.3 Å². The lowest BCUT2D eigenvalue weighted by molar-refractivity contribution is -0.132. The van der Waals surface area contributed by atoms with Gasteiger partial charge in [0.15, 0.2) is 15.8 Å². The molecule has 5 rings (SSSR count). The molecule has 9 nitrogen and oxygen atoms in total. The molecule has 1 saturated heterocycles.